The van der Waals surface area contributed by atoms with Gasteiger partial charge in [-0.05, 0) is 49.1 Å². The van der Waals surface area contributed by atoms with Crippen LogP contribution < -0.4 is 15.4 Å². The number of hydrogen-bond acceptors (Lipinski definition) is 4. The molecule has 8 heteroatoms. The summed E-state index contributed by atoms with van der Waals surface area (Å²) in [5, 5.41) is 0. The third-order valence-electron chi connectivity index (χ3n) is 4.88. The smallest absolute Gasteiger partial charge is 0.319 e. The molecule has 1 atom stereocenters. The summed E-state index contributed by atoms with van der Waals surface area (Å²) in [5.41, 5.74) is 7.52. The van der Waals surface area contributed by atoms with Crippen LogP contribution in [-0.4, -0.2) is 41.5 Å². The predicted octanol–water partition coefficient (Wildman–Crippen LogP) is 2.87. The van der Waals surface area contributed by atoms with E-state index in [0.717, 1.165) is 31.4 Å². The highest BCUT2D eigenvalue weighted by Gasteiger charge is 2.21. The number of pyridine rings is 1. The van der Waals surface area contributed by atoms with Crippen LogP contribution in [-0.2, 0) is 17.8 Å². The molecule has 0 unspecified atom stereocenters. The quantitative estimate of drug-likeness (QED) is 0.724. The van der Waals surface area contributed by atoms with Crippen LogP contribution in [0.2, 0.25) is 0 Å². The molecule has 1 aromatic heterocycles. The molecule has 3 rings (SSSR count). The summed E-state index contributed by atoms with van der Waals surface area (Å²) in [6.07, 6.45) is 4.60. The molecule has 1 aromatic carbocycles. The number of likely N-dealkylation sites (tertiary alicyclic amines) is 1. The van der Waals surface area contributed by atoms with Gasteiger partial charge in [0.05, 0.1) is 25.0 Å². The largest absolute Gasteiger partial charge is 0.488 e. The van der Waals surface area contributed by atoms with Crippen molar-refractivity contribution < 1.29 is 18.7 Å². The second-order valence-corrected chi connectivity index (χ2v) is 7.06. The molecule has 1 aliphatic rings. The Bertz CT molecular complexity index is 860. The Balaban J connectivity index is 1.76. The number of benzene rings is 1. The topological polar surface area (TPSA) is 88.8 Å². The number of nitrogens with zero attached hydrogens (tertiary/aromatic N) is 3. The minimum absolute atomic E-state index is 0.0851. The molecule has 29 heavy (non-hydrogen) atoms. The molecule has 1 aliphatic heterocycles. The number of ether oxygens (including phenoxy) is 1. The fourth-order valence-electron chi connectivity index (χ4n) is 3.40. The molecule has 0 bridgehead atoms. The van der Waals surface area contributed by atoms with Gasteiger partial charge in [0, 0.05) is 18.3 Å². The molecule has 2 heterocycles. The third kappa shape index (κ3) is 5.43. The maximum absolute atomic E-state index is 14.2. The number of carbonyl (C=O) groups excluding carboxylic acids is 2. The Labute approximate surface area is 169 Å². The molecule has 0 spiro atoms. The van der Waals surface area contributed by atoms with Crippen LogP contribution in [0.5, 0.6) is 5.75 Å². The van der Waals surface area contributed by atoms with Gasteiger partial charge in [-0.25, -0.2) is 9.18 Å². The van der Waals surface area contributed by atoms with Gasteiger partial charge in [0.2, 0.25) is 6.41 Å². The van der Waals surface area contributed by atoms with E-state index in [-0.39, 0.29) is 12.6 Å². The molecule has 0 saturated carbocycles. The van der Waals surface area contributed by atoms with Crippen molar-refractivity contribution in [2.45, 2.75) is 38.8 Å². The van der Waals surface area contributed by atoms with Crippen molar-refractivity contribution in [3.05, 3.63) is 53.6 Å². The van der Waals surface area contributed by atoms with Crippen LogP contribution in [0, 0.1) is 5.82 Å². The predicted molar refractivity (Wildman–Crippen MR) is 107 cm³/mol. The number of hydrogen-bond donors (Lipinski definition) is 1. The highest BCUT2D eigenvalue weighted by atomic mass is 19.1. The van der Waals surface area contributed by atoms with Crippen molar-refractivity contribution in [3.63, 3.8) is 0 Å². The van der Waals surface area contributed by atoms with E-state index in [1.807, 2.05) is 13.0 Å². The summed E-state index contributed by atoms with van der Waals surface area (Å²) in [7, 11) is 0. The standard InChI is InChI=1S/C21H25FN4O3/c1-2-17-5-6-18(11-24-17)26(21(23)28)12-15-8-16(22)10-20(9-15)29-19-4-3-7-25(13-19)14-27/h5-6,8-11,14,19H,2-4,7,12-13H2,1H3,(H2,23,28)/t19-/m1/s1. The SMILES string of the molecule is CCc1ccc(N(Cc2cc(F)cc(O[C@@H]3CCCN(C=O)C3)c2)C(N)=O)cn1. The summed E-state index contributed by atoms with van der Waals surface area (Å²) in [6, 6.07) is 7.27. The van der Waals surface area contributed by atoms with Gasteiger partial charge < -0.3 is 15.4 Å². The van der Waals surface area contributed by atoms with E-state index in [9.17, 15) is 14.0 Å². The number of piperidine rings is 1. The van der Waals surface area contributed by atoms with Crippen molar-refractivity contribution in [2.75, 3.05) is 18.0 Å². The lowest BCUT2D eigenvalue weighted by atomic mass is 10.1. The van der Waals surface area contributed by atoms with Gasteiger partial charge >= 0.3 is 6.03 Å². The highest BCUT2D eigenvalue weighted by molar-refractivity contribution is 5.90. The molecule has 2 N–H and O–H groups in total. The zero-order valence-electron chi connectivity index (χ0n) is 16.4. The van der Waals surface area contributed by atoms with Gasteiger partial charge in [-0.15, -0.1) is 0 Å². The van der Waals surface area contributed by atoms with Crippen molar-refractivity contribution in [3.8, 4) is 5.75 Å². The first-order valence-corrected chi connectivity index (χ1v) is 9.66. The van der Waals surface area contributed by atoms with Crippen LogP contribution in [0.15, 0.2) is 36.5 Å². The van der Waals surface area contributed by atoms with Gasteiger partial charge in [-0.1, -0.05) is 6.92 Å². The van der Waals surface area contributed by atoms with E-state index in [0.29, 0.717) is 30.1 Å². The first kappa shape index (κ1) is 20.6. The van der Waals surface area contributed by atoms with Gasteiger partial charge in [0.1, 0.15) is 17.7 Å². The number of rotatable bonds is 7. The Hall–Kier alpha value is -3.16. The maximum Gasteiger partial charge on any atom is 0.319 e. The van der Waals surface area contributed by atoms with E-state index in [1.165, 1.54) is 17.0 Å². The summed E-state index contributed by atoms with van der Waals surface area (Å²) in [6.45, 7) is 3.25. The monoisotopic (exact) mass is 400 g/mol. The maximum atomic E-state index is 14.2. The fourth-order valence-corrected chi connectivity index (χ4v) is 3.40. The van der Waals surface area contributed by atoms with Crippen LogP contribution in [0.1, 0.15) is 31.0 Å². The van der Waals surface area contributed by atoms with E-state index in [1.54, 1.807) is 23.2 Å². The van der Waals surface area contributed by atoms with Crippen LogP contribution in [0.3, 0.4) is 0 Å². The van der Waals surface area contributed by atoms with E-state index in [2.05, 4.69) is 4.98 Å². The molecule has 1 fully saturated rings. The number of amides is 3. The lowest BCUT2D eigenvalue weighted by molar-refractivity contribution is -0.120. The van der Waals surface area contributed by atoms with Crippen molar-refractivity contribution in [1.82, 2.24) is 9.88 Å². The zero-order valence-corrected chi connectivity index (χ0v) is 16.4. The first-order valence-electron chi connectivity index (χ1n) is 9.66. The summed E-state index contributed by atoms with van der Waals surface area (Å²) < 4.78 is 20.1. The van der Waals surface area contributed by atoms with Crippen LogP contribution >= 0.6 is 0 Å². The van der Waals surface area contributed by atoms with Gasteiger partial charge in [-0.2, -0.15) is 0 Å². The van der Waals surface area contributed by atoms with E-state index in [4.69, 9.17) is 10.5 Å². The van der Waals surface area contributed by atoms with Gasteiger partial charge in [0.15, 0.2) is 0 Å². The lowest BCUT2D eigenvalue weighted by Crippen LogP contribution is -2.40. The molecule has 154 valence electrons. The van der Waals surface area contributed by atoms with Crippen LogP contribution in [0.4, 0.5) is 14.9 Å². The third-order valence-corrected chi connectivity index (χ3v) is 4.88. The second kappa shape index (κ2) is 9.36. The summed E-state index contributed by atoms with van der Waals surface area (Å²) in [4.78, 5) is 30.2. The number of aromatic nitrogens is 1. The first-order chi connectivity index (χ1) is 14.0. The minimum atomic E-state index is -0.656. The second-order valence-electron chi connectivity index (χ2n) is 7.06. The molecule has 0 aliphatic carbocycles. The van der Waals surface area contributed by atoms with Gasteiger partial charge in [-0.3, -0.25) is 14.7 Å². The molecule has 0 radical (unpaired) electrons. The fraction of sp³-hybridized carbons (Fsp3) is 0.381. The zero-order chi connectivity index (χ0) is 20.8. The number of anilines is 1. The summed E-state index contributed by atoms with van der Waals surface area (Å²) in [5.74, 6) is -0.106. The number of aryl methyl sites for hydroxylation is 1. The van der Waals surface area contributed by atoms with Crippen molar-refractivity contribution in [2.24, 2.45) is 5.73 Å². The van der Waals surface area contributed by atoms with E-state index >= 15 is 0 Å². The van der Waals surface area contributed by atoms with Crippen LogP contribution in [0.25, 0.3) is 0 Å². The molecule has 7 nitrogen and oxygen atoms in total. The average molecular weight is 400 g/mol. The van der Waals surface area contributed by atoms with Gasteiger partial charge in [0.25, 0.3) is 0 Å². The molecule has 3 amide bonds. The Morgan fingerprint density at radius 2 is 2.24 bits per heavy atom. The highest BCUT2D eigenvalue weighted by Crippen LogP contribution is 2.24. The Kier molecular flexibility index (Phi) is 6.64. The molecule has 2 aromatic rings. The number of urea groups is 1. The average Bonchev–Trinajstić information content (AvgIpc) is 2.71. The summed E-state index contributed by atoms with van der Waals surface area (Å²) >= 11 is 0. The Morgan fingerprint density at radius 3 is 2.90 bits per heavy atom. The number of carbonyl (C=O) groups is 2. The molecular weight excluding hydrogens is 375 g/mol. The minimum Gasteiger partial charge on any atom is -0.488 e. The number of primary amides is 1. The number of nitrogens with two attached hydrogens (primary N) is 1. The Morgan fingerprint density at radius 1 is 1.41 bits per heavy atom. The lowest BCUT2D eigenvalue weighted by Gasteiger charge is -2.30. The van der Waals surface area contributed by atoms with Crippen molar-refractivity contribution in [1.29, 1.82) is 0 Å². The normalized spacial score (nSPS) is 16.3. The number of halogens is 1. The molecule has 1 saturated heterocycles. The van der Waals surface area contributed by atoms with E-state index < -0.39 is 11.8 Å². The van der Waals surface area contributed by atoms with Crippen molar-refractivity contribution >= 4 is 18.1 Å². The molecular formula is C21H25FN4O3.